The second-order valence-electron chi connectivity index (χ2n) is 5.34. The van der Waals surface area contributed by atoms with Crippen molar-refractivity contribution in [1.82, 2.24) is 0 Å². The number of aliphatic hydroxyl groups is 1. The fraction of sp³-hybridized carbons (Fsp3) is 0.533. The van der Waals surface area contributed by atoms with Crippen molar-refractivity contribution in [2.75, 3.05) is 6.61 Å². The van der Waals surface area contributed by atoms with E-state index in [4.69, 9.17) is 0 Å². The summed E-state index contributed by atoms with van der Waals surface area (Å²) in [6.45, 7) is 6.15. The van der Waals surface area contributed by atoms with Crippen LogP contribution in [0.2, 0.25) is 0 Å². The molecule has 0 aromatic heterocycles. The number of ketones is 1. The van der Waals surface area contributed by atoms with Crippen LogP contribution in [-0.2, 0) is 4.79 Å². The van der Waals surface area contributed by atoms with E-state index in [0.29, 0.717) is 0 Å². The van der Waals surface area contributed by atoms with Crippen LogP contribution in [0.3, 0.4) is 0 Å². The minimum Gasteiger partial charge on any atom is -0.392 e. The van der Waals surface area contributed by atoms with Gasteiger partial charge in [-0.3, -0.25) is 4.79 Å². The number of hydrogen-bond donors (Lipinski definition) is 1. The van der Waals surface area contributed by atoms with Gasteiger partial charge in [0.2, 0.25) is 0 Å². The molecule has 0 aromatic carbocycles. The van der Waals surface area contributed by atoms with Crippen LogP contribution in [0.25, 0.3) is 0 Å². The molecule has 0 saturated heterocycles. The first-order valence-electron chi connectivity index (χ1n) is 6.14. The van der Waals surface area contributed by atoms with Crippen LogP contribution in [0.15, 0.2) is 35.5 Å². The molecule has 2 heteroatoms. The topological polar surface area (TPSA) is 37.3 Å². The van der Waals surface area contributed by atoms with Gasteiger partial charge in [-0.1, -0.05) is 32.1 Å². The second kappa shape index (κ2) is 5.97. The van der Waals surface area contributed by atoms with Crippen LogP contribution in [-0.4, -0.2) is 17.5 Å². The van der Waals surface area contributed by atoms with Gasteiger partial charge in [0.1, 0.15) is 0 Å². The van der Waals surface area contributed by atoms with Crippen molar-refractivity contribution in [3.05, 3.63) is 35.5 Å². The van der Waals surface area contributed by atoms with E-state index in [2.05, 4.69) is 19.9 Å². The summed E-state index contributed by atoms with van der Waals surface area (Å²) < 4.78 is 0. The molecule has 0 amide bonds. The molecule has 0 aromatic rings. The van der Waals surface area contributed by atoms with Gasteiger partial charge in [-0.05, 0) is 48.8 Å². The molecule has 1 N–H and O–H groups in total. The Morgan fingerprint density at radius 3 is 2.71 bits per heavy atom. The molecule has 0 heterocycles. The quantitative estimate of drug-likeness (QED) is 0.707. The van der Waals surface area contributed by atoms with Crippen LogP contribution < -0.4 is 0 Å². The monoisotopic (exact) mass is 234 g/mol. The lowest BCUT2D eigenvalue weighted by atomic mass is 9.87. The highest BCUT2D eigenvalue weighted by Gasteiger charge is 2.14. The van der Waals surface area contributed by atoms with Gasteiger partial charge in [-0.25, -0.2) is 0 Å². The number of allylic oxidation sites excluding steroid dienone is 5. The lowest BCUT2D eigenvalue weighted by Gasteiger charge is -2.18. The van der Waals surface area contributed by atoms with Crippen molar-refractivity contribution in [3.63, 3.8) is 0 Å². The molecule has 0 fully saturated rings. The zero-order valence-electron chi connectivity index (χ0n) is 11.0. The standard InChI is InChI=1S/C15H22O2/c1-12-5-4-6-13(11-16)7-9-15(2,3)10-8-14(12)17/h5,7-8,10,16H,4,6,9,11H2,1-3H3/b10-8+,12-5-,13-7-. The van der Waals surface area contributed by atoms with Gasteiger partial charge in [0, 0.05) is 0 Å². The molecule has 0 bridgehead atoms. The molecule has 17 heavy (non-hydrogen) atoms. The van der Waals surface area contributed by atoms with E-state index in [0.717, 1.165) is 30.4 Å². The van der Waals surface area contributed by atoms with Crippen LogP contribution in [0.1, 0.15) is 40.0 Å². The smallest absolute Gasteiger partial charge is 0.180 e. The fourth-order valence-corrected chi connectivity index (χ4v) is 1.73. The number of aliphatic hydroxyl groups excluding tert-OH is 1. The summed E-state index contributed by atoms with van der Waals surface area (Å²) in [5.74, 6) is 0.0884. The van der Waals surface area contributed by atoms with E-state index >= 15 is 0 Å². The molecule has 0 radical (unpaired) electrons. The van der Waals surface area contributed by atoms with Gasteiger partial charge in [-0.2, -0.15) is 0 Å². The Balaban J connectivity index is 2.97. The summed E-state index contributed by atoms with van der Waals surface area (Å²) in [5, 5.41) is 9.25. The third-order valence-corrected chi connectivity index (χ3v) is 3.11. The minimum atomic E-state index is -0.0410. The summed E-state index contributed by atoms with van der Waals surface area (Å²) in [7, 11) is 0. The van der Waals surface area contributed by atoms with Crippen LogP contribution in [0, 0.1) is 5.41 Å². The maximum Gasteiger partial charge on any atom is 0.180 e. The molecule has 94 valence electrons. The van der Waals surface area contributed by atoms with Crippen molar-refractivity contribution in [2.45, 2.75) is 40.0 Å². The van der Waals surface area contributed by atoms with Crippen LogP contribution in [0.4, 0.5) is 0 Å². The Kier molecular flexibility index (Phi) is 4.88. The fourth-order valence-electron chi connectivity index (χ4n) is 1.73. The molecule has 1 rings (SSSR count). The third-order valence-electron chi connectivity index (χ3n) is 3.11. The zero-order valence-corrected chi connectivity index (χ0v) is 11.0. The Morgan fingerprint density at radius 2 is 2.06 bits per heavy atom. The van der Waals surface area contributed by atoms with Gasteiger partial charge in [0.15, 0.2) is 5.78 Å². The van der Waals surface area contributed by atoms with Gasteiger partial charge >= 0.3 is 0 Å². The lowest BCUT2D eigenvalue weighted by Crippen LogP contribution is -2.07. The van der Waals surface area contributed by atoms with Gasteiger partial charge in [0.05, 0.1) is 6.61 Å². The number of carbonyl (C=O) groups is 1. The maximum absolute atomic E-state index is 11.8. The van der Waals surface area contributed by atoms with Crippen molar-refractivity contribution < 1.29 is 9.90 Å². The predicted molar refractivity (Wildman–Crippen MR) is 70.7 cm³/mol. The van der Waals surface area contributed by atoms with Crippen molar-refractivity contribution in [3.8, 4) is 0 Å². The number of rotatable bonds is 1. The molecule has 0 aliphatic heterocycles. The molecule has 2 nitrogen and oxygen atoms in total. The number of hydrogen-bond acceptors (Lipinski definition) is 2. The molecule has 0 saturated carbocycles. The zero-order chi connectivity index (χ0) is 12.9. The molecule has 0 unspecified atom stereocenters. The Morgan fingerprint density at radius 1 is 1.35 bits per heavy atom. The predicted octanol–water partition coefficient (Wildman–Crippen LogP) is 3.19. The maximum atomic E-state index is 11.8. The van der Waals surface area contributed by atoms with E-state index in [1.165, 1.54) is 0 Å². The normalized spacial score (nSPS) is 29.5. The molecular formula is C15H22O2. The first kappa shape index (κ1) is 13.9. The molecule has 1 aliphatic rings. The highest BCUT2D eigenvalue weighted by molar-refractivity contribution is 6.03. The molecule has 1 aliphatic carbocycles. The highest BCUT2D eigenvalue weighted by atomic mass is 16.3. The SMILES string of the molecule is C/C1=C/CC/C(CO)=C/CC(C)(C)/C=C/C1=O. The summed E-state index contributed by atoms with van der Waals surface area (Å²) >= 11 is 0. The molecule has 0 atom stereocenters. The van der Waals surface area contributed by atoms with E-state index in [1.807, 2.05) is 19.1 Å². The lowest BCUT2D eigenvalue weighted by molar-refractivity contribution is -0.111. The summed E-state index contributed by atoms with van der Waals surface area (Å²) in [5.41, 5.74) is 1.81. The average Bonchev–Trinajstić information content (AvgIpc) is 2.31. The third kappa shape index (κ3) is 4.70. The minimum absolute atomic E-state index is 0.0410. The van der Waals surface area contributed by atoms with Crippen LogP contribution >= 0.6 is 0 Å². The summed E-state index contributed by atoms with van der Waals surface area (Å²) in [4.78, 5) is 11.8. The van der Waals surface area contributed by atoms with Crippen molar-refractivity contribution >= 4 is 5.78 Å². The van der Waals surface area contributed by atoms with E-state index in [1.54, 1.807) is 6.08 Å². The van der Waals surface area contributed by atoms with E-state index in [9.17, 15) is 9.90 Å². The van der Waals surface area contributed by atoms with Gasteiger partial charge < -0.3 is 5.11 Å². The molecule has 0 spiro atoms. The van der Waals surface area contributed by atoms with E-state index < -0.39 is 0 Å². The Bertz CT molecular complexity index is 370. The Hall–Kier alpha value is -1.15. The number of carbonyl (C=O) groups excluding carboxylic acids is 1. The highest BCUT2D eigenvalue weighted by Crippen LogP contribution is 2.25. The first-order valence-corrected chi connectivity index (χ1v) is 6.14. The van der Waals surface area contributed by atoms with E-state index in [-0.39, 0.29) is 17.8 Å². The Labute approximate surface area is 104 Å². The van der Waals surface area contributed by atoms with Crippen molar-refractivity contribution in [1.29, 1.82) is 0 Å². The average molecular weight is 234 g/mol. The second-order valence-corrected chi connectivity index (χ2v) is 5.34. The first-order chi connectivity index (χ1) is 7.94. The van der Waals surface area contributed by atoms with Crippen molar-refractivity contribution in [2.24, 2.45) is 5.41 Å². The summed E-state index contributed by atoms with van der Waals surface area (Å²) in [6, 6.07) is 0. The molecular weight excluding hydrogens is 212 g/mol. The van der Waals surface area contributed by atoms with Gasteiger partial charge in [-0.15, -0.1) is 0 Å². The summed E-state index contributed by atoms with van der Waals surface area (Å²) in [6.07, 6.45) is 10.2. The largest absolute Gasteiger partial charge is 0.392 e. The van der Waals surface area contributed by atoms with Crippen LogP contribution in [0.5, 0.6) is 0 Å². The van der Waals surface area contributed by atoms with Gasteiger partial charge in [0.25, 0.3) is 0 Å².